The standard InChI is InChI=1S/C25H31ClN2O2S/c1-24(2,3)31-23-20-13-19(30-16-27-6)11-12-21(20)28(22(23)14-25(4,5)29)15-17-7-9-18(26)10-8-17/h7-13,16,29H,14-15H2,1-6H3. The monoisotopic (exact) mass is 458 g/mol. The lowest BCUT2D eigenvalue weighted by Crippen LogP contribution is -2.24. The van der Waals surface area contributed by atoms with Crippen LogP contribution < -0.4 is 4.74 Å². The second-order valence-corrected chi connectivity index (χ2v) is 11.6. The Labute approximate surface area is 194 Å². The maximum absolute atomic E-state index is 10.7. The van der Waals surface area contributed by atoms with Crippen molar-refractivity contribution in [1.82, 2.24) is 4.57 Å². The predicted molar refractivity (Wildman–Crippen MR) is 133 cm³/mol. The second kappa shape index (κ2) is 9.27. The smallest absolute Gasteiger partial charge is 0.176 e. The lowest BCUT2D eigenvalue weighted by molar-refractivity contribution is 0.0785. The quantitative estimate of drug-likeness (QED) is 0.247. The molecule has 1 heterocycles. The molecule has 6 heteroatoms. The first kappa shape index (κ1) is 23.7. The van der Waals surface area contributed by atoms with E-state index in [4.69, 9.17) is 16.3 Å². The van der Waals surface area contributed by atoms with Gasteiger partial charge in [-0.3, -0.25) is 4.99 Å². The molecule has 0 bridgehead atoms. The normalized spacial score (nSPS) is 12.8. The van der Waals surface area contributed by atoms with Gasteiger partial charge >= 0.3 is 0 Å². The number of hydrogen-bond acceptors (Lipinski definition) is 4. The topological polar surface area (TPSA) is 46.8 Å². The highest BCUT2D eigenvalue weighted by Crippen LogP contribution is 2.43. The average molecular weight is 459 g/mol. The highest BCUT2D eigenvalue weighted by Gasteiger charge is 2.27. The van der Waals surface area contributed by atoms with Crippen molar-refractivity contribution < 1.29 is 9.84 Å². The van der Waals surface area contributed by atoms with Gasteiger partial charge in [0.25, 0.3) is 0 Å². The van der Waals surface area contributed by atoms with E-state index in [1.807, 2.05) is 55.9 Å². The molecule has 4 nitrogen and oxygen atoms in total. The zero-order valence-electron chi connectivity index (χ0n) is 19.1. The molecule has 0 fully saturated rings. The third-order valence-corrected chi connectivity index (χ3v) is 6.17. The molecule has 2 aromatic carbocycles. The molecule has 0 saturated heterocycles. The van der Waals surface area contributed by atoms with Gasteiger partial charge in [0.2, 0.25) is 0 Å². The first-order valence-corrected chi connectivity index (χ1v) is 11.5. The molecule has 0 amide bonds. The van der Waals surface area contributed by atoms with Crippen molar-refractivity contribution in [3.05, 3.63) is 58.7 Å². The number of nitrogens with zero attached hydrogens (tertiary/aromatic N) is 2. The molecule has 0 aliphatic rings. The van der Waals surface area contributed by atoms with E-state index in [1.165, 1.54) is 11.3 Å². The zero-order valence-corrected chi connectivity index (χ0v) is 20.6. The van der Waals surface area contributed by atoms with Gasteiger partial charge in [0, 0.05) is 51.3 Å². The Bertz CT molecular complexity index is 1070. The highest BCUT2D eigenvalue weighted by atomic mass is 35.5. The number of aliphatic hydroxyl groups is 1. The van der Waals surface area contributed by atoms with E-state index >= 15 is 0 Å². The molecule has 0 saturated carbocycles. The van der Waals surface area contributed by atoms with Crippen molar-refractivity contribution in [2.75, 3.05) is 7.05 Å². The van der Waals surface area contributed by atoms with Crippen molar-refractivity contribution >= 4 is 40.7 Å². The summed E-state index contributed by atoms with van der Waals surface area (Å²) in [5.41, 5.74) is 2.55. The fourth-order valence-corrected chi connectivity index (χ4v) is 4.81. The molecule has 3 rings (SSSR count). The molecule has 0 atom stereocenters. The number of benzene rings is 2. The number of halogens is 1. The van der Waals surface area contributed by atoms with E-state index in [0.717, 1.165) is 32.9 Å². The average Bonchev–Trinajstić information content (AvgIpc) is 2.91. The van der Waals surface area contributed by atoms with Crippen molar-refractivity contribution in [3.63, 3.8) is 0 Å². The van der Waals surface area contributed by atoms with Gasteiger partial charge in [0.05, 0.1) is 5.60 Å². The van der Waals surface area contributed by atoms with Crippen LogP contribution in [0.5, 0.6) is 5.75 Å². The minimum Gasteiger partial charge on any atom is -0.446 e. The van der Waals surface area contributed by atoms with Gasteiger partial charge in [-0.05, 0) is 49.7 Å². The number of ether oxygens (including phenoxy) is 1. The molecule has 0 radical (unpaired) electrons. The molecule has 3 aromatic rings. The largest absolute Gasteiger partial charge is 0.446 e. The summed E-state index contributed by atoms with van der Waals surface area (Å²) in [5.74, 6) is 0.743. The highest BCUT2D eigenvalue weighted by molar-refractivity contribution is 8.00. The van der Waals surface area contributed by atoms with E-state index in [0.29, 0.717) is 13.0 Å². The van der Waals surface area contributed by atoms with E-state index in [1.54, 1.807) is 7.05 Å². The van der Waals surface area contributed by atoms with Crippen LogP contribution >= 0.6 is 23.4 Å². The summed E-state index contributed by atoms with van der Waals surface area (Å²) < 4.78 is 7.97. The number of aromatic nitrogens is 1. The van der Waals surface area contributed by atoms with Crippen LogP contribution in [0, 0.1) is 0 Å². The summed E-state index contributed by atoms with van der Waals surface area (Å²) in [6.45, 7) is 11.0. The first-order valence-electron chi connectivity index (χ1n) is 10.3. The zero-order chi connectivity index (χ0) is 22.8. The third kappa shape index (κ3) is 6.28. The van der Waals surface area contributed by atoms with E-state index in [9.17, 15) is 5.11 Å². The molecule has 0 spiro atoms. The number of rotatable bonds is 7. The molecule has 31 heavy (non-hydrogen) atoms. The fraction of sp³-hybridized carbons (Fsp3) is 0.400. The van der Waals surface area contributed by atoms with Crippen LogP contribution in [0.4, 0.5) is 0 Å². The van der Waals surface area contributed by atoms with E-state index in [-0.39, 0.29) is 4.75 Å². The summed E-state index contributed by atoms with van der Waals surface area (Å²) in [6.07, 6.45) is 1.99. The summed E-state index contributed by atoms with van der Waals surface area (Å²) in [6, 6.07) is 14.0. The van der Waals surface area contributed by atoms with Gasteiger partial charge in [-0.2, -0.15) is 0 Å². The Morgan fingerprint density at radius 1 is 1.10 bits per heavy atom. The van der Waals surface area contributed by atoms with Gasteiger partial charge in [-0.15, -0.1) is 11.8 Å². The van der Waals surface area contributed by atoms with Crippen molar-refractivity contribution in [1.29, 1.82) is 0 Å². The lowest BCUT2D eigenvalue weighted by atomic mass is 10.0. The molecule has 0 unspecified atom stereocenters. The SMILES string of the molecule is CN=COc1ccc2c(c1)c(SC(C)(C)C)c(CC(C)(C)O)n2Cc1ccc(Cl)cc1. The van der Waals surface area contributed by atoms with Gasteiger partial charge in [0.15, 0.2) is 6.40 Å². The maximum Gasteiger partial charge on any atom is 0.176 e. The van der Waals surface area contributed by atoms with Crippen molar-refractivity contribution in [2.24, 2.45) is 4.99 Å². The van der Waals surface area contributed by atoms with Gasteiger partial charge in [0.1, 0.15) is 5.75 Å². The predicted octanol–water partition coefficient (Wildman–Crippen LogP) is 6.58. The van der Waals surface area contributed by atoms with Crippen LogP contribution in [-0.4, -0.2) is 33.5 Å². The Kier molecular flexibility index (Phi) is 7.09. The van der Waals surface area contributed by atoms with Crippen LogP contribution in [0.1, 0.15) is 45.9 Å². The summed E-state index contributed by atoms with van der Waals surface area (Å²) in [4.78, 5) is 5.10. The van der Waals surface area contributed by atoms with Crippen LogP contribution in [-0.2, 0) is 13.0 Å². The molecular weight excluding hydrogens is 428 g/mol. The fourth-order valence-electron chi connectivity index (χ4n) is 3.50. The van der Waals surface area contributed by atoms with Gasteiger partial charge in [-0.1, -0.05) is 44.5 Å². The molecular formula is C25H31ClN2O2S. The number of aliphatic imine (C=N–C) groups is 1. The molecule has 1 N–H and O–H groups in total. The molecule has 0 aliphatic carbocycles. The molecule has 1 aromatic heterocycles. The lowest BCUT2D eigenvalue weighted by Gasteiger charge is -2.23. The Hall–Kier alpha value is -1.95. The van der Waals surface area contributed by atoms with Crippen molar-refractivity contribution in [3.8, 4) is 5.75 Å². The minimum absolute atomic E-state index is 0.00940. The Morgan fingerprint density at radius 2 is 1.77 bits per heavy atom. The Morgan fingerprint density at radius 3 is 2.35 bits per heavy atom. The summed E-state index contributed by atoms with van der Waals surface area (Å²) in [5, 5.41) is 12.6. The summed E-state index contributed by atoms with van der Waals surface area (Å²) >= 11 is 7.92. The van der Waals surface area contributed by atoms with Crippen LogP contribution in [0.15, 0.2) is 52.4 Å². The van der Waals surface area contributed by atoms with E-state index in [2.05, 4.69) is 42.5 Å². The van der Waals surface area contributed by atoms with Crippen LogP contribution in [0.2, 0.25) is 5.02 Å². The van der Waals surface area contributed by atoms with Crippen LogP contribution in [0.25, 0.3) is 10.9 Å². The number of fused-ring (bicyclic) bond motifs is 1. The molecule has 0 aliphatic heterocycles. The van der Waals surface area contributed by atoms with Crippen molar-refractivity contribution in [2.45, 2.75) is 62.8 Å². The van der Waals surface area contributed by atoms with Gasteiger partial charge in [-0.25, -0.2) is 0 Å². The number of hydrogen-bond donors (Lipinski definition) is 1. The third-order valence-electron chi connectivity index (χ3n) is 4.65. The Balaban J connectivity index is 2.24. The van der Waals surface area contributed by atoms with Gasteiger partial charge < -0.3 is 14.4 Å². The molecule has 166 valence electrons. The number of thioether (sulfide) groups is 1. The summed E-state index contributed by atoms with van der Waals surface area (Å²) in [7, 11) is 1.68. The van der Waals surface area contributed by atoms with E-state index < -0.39 is 5.60 Å². The minimum atomic E-state index is -0.840. The second-order valence-electron chi connectivity index (χ2n) is 9.35. The first-order chi connectivity index (χ1) is 14.5. The maximum atomic E-state index is 10.7. The van der Waals surface area contributed by atoms with Crippen LogP contribution in [0.3, 0.4) is 0 Å².